The first-order chi connectivity index (χ1) is 9.60. The third kappa shape index (κ3) is 6.91. The molecule has 2 nitrogen and oxygen atoms in total. The average Bonchev–Trinajstić information content (AvgIpc) is 2.35. The molecule has 0 atom stereocenters. The summed E-state index contributed by atoms with van der Waals surface area (Å²) >= 11 is 0. The van der Waals surface area contributed by atoms with Crippen molar-refractivity contribution in [2.75, 3.05) is 0 Å². The molecular weight excluding hydrogens is 292 g/mol. The van der Waals surface area contributed by atoms with E-state index in [1.807, 2.05) is 18.2 Å². The van der Waals surface area contributed by atoms with E-state index in [-0.39, 0.29) is 5.78 Å². The number of carbonyl (C=O) groups is 1. The molecule has 0 fully saturated rings. The molecule has 21 heavy (non-hydrogen) atoms. The molecule has 0 unspecified atom stereocenters. The van der Waals surface area contributed by atoms with Crippen molar-refractivity contribution in [3.05, 3.63) is 42.2 Å². The molecule has 0 saturated carbocycles. The molecule has 1 rings (SSSR count). The fraction of sp³-hybridized carbons (Fsp3) is 0.471. The predicted octanol–water partition coefficient (Wildman–Crippen LogP) is 4.32. The molecule has 0 aliphatic carbocycles. The summed E-state index contributed by atoms with van der Waals surface area (Å²) in [4.78, 5) is 11.5. The van der Waals surface area contributed by atoms with Gasteiger partial charge in [-0.3, -0.25) is 4.79 Å². The van der Waals surface area contributed by atoms with Crippen molar-refractivity contribution in [1.82, 2.24) is 0 Å². The van der Waals surface area contributed by atoms with Gasteiger partial charge in [0.25, 0.3) is 8.32 Å². The van der Waals surface area contributed by atoms with Crippen molar-refractivity contribution in [1.29, 1.82) is 0 Å². The molecule has 0 aliphatic heterocycles. The van der Waals surface area contributed by atoms with Crippen LogP contribution in [0.25, 0.3) is 0 Å². The van der Waals surface area contributed by atoms with Crippen LogP contribution >= 0.6 is 0 Å². The van der Waals surface area contributed by atoms with Gasteiger partial charge in [-0.05, 0) is 31.2 Å². The van der Waals surface area contributed by atoms with Crippen LogP contribution in [0.5, 0.6) is 0 Å². The van der Waals surface area contributed by atoms with Gasteiger partial charge in [0.2, 0.25) is 0 Å². The van der Waals surface area contributed by atoms with Crippen molar-refractivity contribution in [3.8, 4) is 0 Å². The van der Waals surface area contributed by atoms with Crippen LogP contribution in [0.15, 0.2) is 42.2 Å². The Morgan fingerprint density at radius 2 is 1.67 bits per heavy atom. The van der Waals surface area contributed by atoms with E-state index in [4.69, 9.17) is 4.43 Å². The minimum atomic E-state index is -2.01. The van der Waals surface area contributed by atoms with E-state index in [9.17, 15) is 4.79 Å². The summed E-state index contributed by atoms with van der Waals surface area (Å²) in [6.07, 6.45) is 2.57. The summed E-state index contributed by atoms with van der Waals surface area (Å²) in [5, 5.41) is 1.26. The minimum absolute atomic E-state index is 0.162. The van der Waals surface area contributed by atoms with Crippen LogP contribution in [0.1, 0.15) is 13.3 Å². The molecule has 0 radical (unpaired) electrons. The Kier molecular flexibility index (Phi) is 6.16. The standard InChI is InChI=1S/C17H28O2Si2/c1-15(18)14-16(12-13-20(2,3)4)19-21(5,6)17-10-8-7-9-11-17/h7-12H,13-14H2,1-6H3/b16-12+. The smallest absolute Gasteiger partial charge is 0.276 e. The third-order valence-electron chi connectivity index (χ3n) is 3.22. The van der Waals surface area contributed by atoms with E-state index in [1.54, 1.807) is 6.92 Å². The topological polar surface area (TPSA) is 26.3 Å². The lowest BCUT2D eigenvalue weighted by atomic mass is 10.2. The van der Waals surface area contributed by atoms with Crippen LogP contribution < -0.4 is 5.19 Å². The Bertz CT molecular complexity index is 499. The maximum absolute atomic E-state index is 11.5. The monoisotopic (exact) mass is 320 g/mol. The van der Waals surface area contributed by atoms with Gasteiger partial charge in [0.15, 0.2) is 0 Å². The van der Waals surface area contributed by atoms with E-state index in [0.29, 0.717) is 6.42 Å². The van der Waals surface area contributed by atoms with Crippen LogP contribution in [0, 0.1) is 0 Å². The number of hydrogen-bond acceptors (Lipinski definition) is 2. The number of hydrogen-bond donors (Lipinski definition) is 0. The highest BCUT2D eigenvalue weighted by atomic mass is 28.4. The van der Waals surface area contributed by atoms with Crippen LogP contribution in [-0.4, -0.2) is 22.2 Å². The zero-order valence-electron chi connectivity index (χ0n) is 14.2. The van der Waals surface area contributed by atoms with Gasteiger partial charge in [-0.2, -0.15) is 0 Å². The second-order valence-corrected chi connectivity index (χ2v) is 16.6. The number of rotatable bonds is 7. The molecular formula is C17H28O2Si2. The molecule has 1 aromatic carbocycles. The van der Waals surface area contributed by atoms with Gasteiger partial charge in [-0.25, -0.2) is 0 Å². The van der Waals surface area contributed by atoms with E-state index in [2.05, 4.69) is 50.9 Å². The van der Waals surface area contributed by atoms with E-state index >= 15 is 0 Å². The van der Waals surface area contributed by atoms with Gasteiger partial charge in [0.05, 0.1) is 12.2 Å². The Hall–Kier alpha value is -1.14. The molecule has 0 heterocycles. The highest BCUT2D eigenvalue weighted by Crippen LogP contribution is 2.18. The summed E-state index contributed by atoms with van der Waals surface area (Å²) < 4.78 is 6.33. The number of Topliss-reactive ketones (excluding diaryl/α,β-unsaturated/α-hetero) is 1. The van der Waals surface area contributed by atoms with Crippen molar-refractivity contribution < 1.29 is 9.22 Å². The van der Waals surface area contributed by atoms with Crippen molar-refractivity contribution >= 4 is 27.4 Å². The summed E-state index contributed by atoms with van der Waals surface area (Å²) in [5.41, 5.74) is 0. The summed E-state index contributed by atoms with van der Waals surface area (Å²) in [6, 6.07) is 11.4. The summed E-state index contributed by atoms with van der Waals surface area (Å²) in [5.74, 6) is 1.03. The first kappa shape index (κ1) is 17.9. The number of carbonyl (C=O) groups excluding carboxylic acids is 1. The highest BCUT2D eigenvalue weighted by Gasteiger charge is 2.28. The highest BCUT2D eigenvalue weighted by molar-refractivity contribution is 6.84. The van der Waals surface area contributed by atoms with Crippen molar-refractivity contribution in [2.24, 2.45) is 0 Å². The molecule has 4 heteroatoms. The minimum Gasteiger partial charge on any atom is -0.543 e. The van der Waals surface area contributed by atoms with Crippen LogP contribution in [0.3, 0.4) is 0 Å². The van der Waals surface area contributed by atoms with Crippen LogP contribution in [0.2, 0.25) is 38.8 Å². The molecule has 0 aliphatic rings. The van der Waals surface area contributed by atoms with Crippen molar-refractivity contribution in [3.63, 3.8) is 0 Å². The second-order valence-electron chi connectivity index (χ2n) is 7.29. The lowest BCUT2D eigenvalue weighted by Crippen LogP contribution is -2.44. The average molecular weight is 321 g/mol. The fourth-order valence-electron chi connectivity index (χ4n) is 2.04. The summed E-state index contributed by atoms with van der Waals surface area (Å²) in [6.45, 7) is 13.0. The van der Waals surface area contributed by atoms with Gasteiger partial charge in [0.1, 0.15) is 5.78 Å². The normalized spacial score (nSPS) is 13.1. The summed E-state index contributed by atoms with van der Waals surface area (Å²) in [7, 11) is -3.19. The van der Waals surface area contributed by atoms with E-state index in [1.165, 1.54) is 5.19 Å². The lowest BCUT2D eigenvalue weighted by molar-refractivity contribution is -0.116. The fourth-order valence-corrected chi connectivity index (χ4v) is 4.81. The first-order valence-corrected chi connectivity index (χ1v) is 14.1. The van der Waals surface area contributed by atoms with Crippen LogP contribution in [-0.2, 0) is 9.22 Å². The zero-order chi connectivity index (χ0) is 16.1. The molecule has 0 spiro atoms. The van der Waals surface area contributed by atoms with Gasteiger partial charge in [-0.15, -0.1) is 0 Å². The molecule has 116 valence electrons. The Balaban J connectivity index is 2.92. The number of benzene rings is 1. The predicted molar refractivity (Wildman–Crippen MR) is 96.2 cm³/mol. The largest absolute Gasteiger partial charge is 0.543 e. The molecule has 0 saturated heterocycles. The molecule has 0 amide bonds. The maximum Gasteiger partial charge on any atom is 0.276 e. The quantitative estimate of drug-likeness (QED) is 0.552. The van der Waals surface area contributed by atoms with Gasteiger partial charge in [-0.1, -0.05) is 56.0 Å². The Labute approximate surface area is 131 Å². The number of allylic oxidation sites excluding steroid dienone is 2. The van der Waals surface area contributed by atoms with Gasteiger partial charge >= 0.3 is 0 Å². The third-order valence-corrected chi connectivity index (χ3v) is 7.15. The van der Waals surface area contributed by atoms with Crippen LogP contribution in [0.4, 0.5) is 0 Å². The van der Waals surface area contributed by atoms with E-state index in [0.717, 1.165) is 11.8 Å². The van der Waals surface area contributed by atoms with Crippen molar-refractivity contribution in [2.45, 2.75) is 52.1 Å². The SMILES string of the molecule is CC(=O)C/C(=C\C[Si](C)(C)C)O[Si](C)(C)c1ccccc1. The van der Waals surface area contributed by atoms with Gasteiger partial charge < -0.3 is 4.43 Å². The zero-order valence-corrected chi connectivity index (χ0v) is 16.2. The van der Waals surface area contributed by atoms with Gasteiger partial charge in [0, 0.05) is 8.07 Å². The first-order valence-electron chi connectivity index (χ1n) is 7.53. The second kappa shape index (κ2) is 7.23. The maximum atomic E-state index is 11.5. The molecule has 0 aromatic heterocycles. The molecule has 0 bridgehead atoms. The number of ketones is 1. The molecule has 1 aromatic rings. The Morgan fingerprint density at radius 1 is 1.10 bits per heavy atom. The molecule has 0 N–H and O–H groups in total. The lowest BCUT2D eigenvalue weighted by Gasteiger charge is -2.27. The Morgan fingerprint density at radius 3 is 2.14 bits per heavy atom. The van der Waals surface area contributed by atoms with E-state index < -0.39 is 16.4 Å².